The molecule has 2 bridgehead atoms. The van der Waals surface area contributed by atoms with Crippen LogP contribution in [0.3, 0.4) is 0 Å². The Bertz CT molecular complexity index is 1530. The van der Waals surface area contributed by atoms with Gasteiger partial charge in [-0.1, -0.05) is 48.5 Å². The lowest BCUT2D eigenvalue weighted by Gasteiger charge is -2.44. The van der Waals surface area contributed by atoms with E-state index < -0.39 is 21.2 Å². The number of rotatable bonds is 3. The number of benzene rings is 4. The van der Waals surface area contributed by atoms with Gasteiger partial charge in [0, 0.05) is 29.5 Å². The molecule has 4 aromatic carbocycles. The van der Waals surface area contributed by atoms with Crippen molar-refractivity contribution in [2.24, 2.45) is 0 Å². The fraction of sp³-hybridized carbons (Fsp3) is 0.0769. The van der Waals surface area contributed by atoms with Crippen LogP contribution >= 0.6 is 0 Å². The second kappa shape index (κ2) is 7.04. The highest BCUT2D eigenvalue weighted by atomic mass is 16.6. The number of nitrogen functional groups attached to an aromatic ring is 3. The minimum absolute atomic E-state index is 0.151. The molecule has 0 radical (unpaired) electrons. The van der Waals surface area contributed by atoms with Gasteiger partial charge in [-0.15, -0.1) is 0 Å². The van der Waals surface area contributed by atoms with Gasteiger partial charge in [0.25, 0.3) is 11.4 Å². The van der Waals surface area contributed by atoms with E-state index in [0.717, 1.165) is 39.4 Å². The topological polar surface area (TPSA) is 164 Å². The molecule has 4 aromatic rings. The van der Waals surface area contributed by atoms with Crippen LogP contribution in [0.15, 0.2) is 66.7 Å². The van der Waals surface area contributed by atoms with Gasteiger partial charge in [-0.25, -0.2) is 0 Å². The number of anilines is 3. The molecule has 172 valence electrons. The number of nitrogens with two attached hydrogens (primary N) is 3. The highest BCUT2D eigenvalue weighted by Gasteiger charge is 2.45. The van der Waals surface area contributed by atoms with Gasteiger partial charge < -0.3 is 17.2 Å². The van der Waals surface area contributed by atoms with Crippen molar-refractivity contribution in [1.29, 1.82) is 0 Å². The maximum atomic E-state index is 11.6. The minimum Gasteiger partial charge on any atom is -0.397 e. The number of nitro groups is 2. The summed E-state index contributed by atoms with van der Waals surface area (Å²) in [5.74, 6) is -0.473. The quantitative estimate of drug-likeness (QED) is 0.190. The summed E-state index contributed by atoms with van der Waals surface area (Å²) in [5.41, 5.74) is 26.0. The molecule has 35 heavy (non-hydrogen) atoms. The molecular weight excluding hydrogens is 446 g/mol. The molecule has 0 saturated carbocycles. The highest BCUT2D eigenvalue weighted by Crippen LogP contribution is 2.61. The number of non-ortho nitro benzene ring substituents is 2. The summed E-state index contributed by atoms with van der Waals surface area (Å²) in [6, 6.07) is 19.6. The lowest BCUT2D eigenvalue weighted by atomic mass is 9.59. The SMILES string of the molecule is Nc1c(N)c(-c2cc([N+](=O)[O-])cc([N+](=O)[O-])c2)c2c(c1N)C1c3ccccc3C2c2ccccc21. The summed E-state index contributed by atoms with van der Waals surface area (Å²) in [5, 5.41) is 23.2. The summed E-state index contributed by atoms with van der Waals surface area (Å²) >= 11 is 0. The third-order valence-electron chi connectivity index (χ3n) is 7.13. The zero-order valence-electron chi connectivity index (χ0n) is 18.3. The van der Waals surface area contributed by atoms with Crippen LogP contribution in [0.25, 0.3) is 11.1 Å². The first-order valence-electron chi connectivity index (χ1n) is 10.9. The van der Waals surface area contributed by atoms with E-state index in [9.17, 15) is 20.2 Å². The molecule has 0 amide bonds. The third-order valence-corrected chi connectivity index (χ3v) is 7.13. The average molecular weight is 465 g/mol. The maximum absolute atomic E-state index is 11.6. The number of nitro benzene ring substituents is 2. The Morgan fingerprint density at radius 2 is 1.03 bits per heavy atom. The van der Waals surface area contributed by atoms with Crippen molar-refractivity contribution >= 4 is 28.4 Å². The van der Waals surface area contributed by atoms with Gasteiger partial charge in [0.2, 0.25) is 0 Å². The first-order valence-corrected chi connectivity index (χ1v) is 10.9. The van der Waals surface area contributed by atoms with Crippen molar-refractivity contribution in [3.05, 3.63) is 120 Å². The predicted octanol–water partition coefficient (Wildman–Crippen LogP) is 4.90. The summed E-state index contributed by atoms with van der Waals surface area (Å²) in [6.45, 7) is 0. The van der Waals surface area contributed by atoms with Gasteiger partial charge in [-0.3, -0.25) is 20.2 Å². The smallest absolute Gasteiger partial charge is 0.276 e. The summed E-state index contributed by atoms with van der Waals surface area (Å²) in [6.07, 6.45) is 0. The number of nitrogens with zero attached hydrogens (tertiary/aromatic N) is 2. The van der Waals surface area contributed by atoms with E-state index in [1.54, 1.807) is 0 Å². The Labute approximate surface area is 199 Å². The second-order valence-corrected chi connectivity index (χ2v) is 8.82. The number of hydrogen-bond donors (Lipinski definition) is 3. The van der Waals surface area contributed by atoms with Gasteiger partial charge in [-0.05, 0) is 38.9 Å². The molecule has 0 unspecified atom stereocenters. The third kappa shape index (κ3) is 2.69. The molecule has 3 aliphatic carbocycles. The summed E-state index contributed by atoms with van der Waals surface area (Å²) in [4.78, 5) is 21.9. The van der Waals surface area contributed by atoms with Crippen LogP contribution in [-0.2, 0) is 0 Å². The minimum atomic E-state index is -0.656. The Balaban J connectivity index is 1.76. The lowest BCUT2D eigenvalue weighted by Crippen LogP contribution is -2.30. The standard InChI is InChI=1S/C26H19N5O4/c27-24-19(12-9-13(30(32)33)11-14(10-12)31(34)35)22-20-15-5-1-3-7-17(15)21(23(22)25(28)26(24)29)18-8-4-2-6-16(18)20/h1-11,20-21H,27-29H2. The maximum Gasteiger partial charge on any atom is 0.276 e. The van der Waals surface area contributed by atoms with E-state index in [2.05, 4.69) is 12.1 Å². The van der Waals surface area contributed by atoms with Crippen LogP contribution in [-0.4, -0.2) is 9.85 Å². The van der Waals surface area contributed by atoms with E-state index in [1.165, 1.54) is 12.1 Å². The number of hydrogen-bond acceptors (Lipinski definition) is 7. The van der Waals surface area contributed by atoms with Crippen LogP contribution in [0, 0.1) is 20.2 Å². The molecule has 9 nitrogen and oxygen atoms in total. The summed E-state index contributed by atoms with van der Waals surface area (Å²) in [7, 11) is 0. The molecule has 3 aliphatic rings. The summed E-state index contributed by atoms with van der Waals surface area (Å²) < 4.78 is 0. The normalized spacial score (nSPS) is 16.8. The second-order valence-electron chi connectivity index (χ2n) is 8.82. The van der Waals surface area contributed by atoms with Crippen LogP contribution < -0.4 is 17.2 Å². The predicted molar refractivity (Wildman–Crippen MR) is 133 cm³/mol. The molecule has 6 N–H and O–H groups in total. The van der Waals surface area contributed by atoms with Gasteiger partial charge >= 0.3 is 0 Å². The Morgan fingerprint density at radius 3 is 1.46 bits per heavy atom. The lowest BCUT2D eigenvalue weighted by molar-refractivity contribution is -0.394. The molecule has 7 rings (SSSR count). The van der Waals surface area contributed by atoms with Gasteiger partial charge in [-0.2, -0.15) is 0 Å². The van der Waals surface area contributed by atoms with Crippen LogP contribution in [0.4, 0.5) is 28.4 Å². The largest absolute Gasteiger partial charge is 0.397 e. The van der Waals surface area contributed by atoms with Crippen molar-refractivity contribution in [2.75, 3.05) is 17.2 Å². The molecule has 0 fully saturated rings. The first-order chi connectivity index (χ1) is 16.8. The fourth-order valence-corrected chi connectivity index (χ4v) is 5.75. The highest BCUT2D eigenvalue weighted by molar-refractivity contribution is 5.98. The molecule has 0 heterocycles. The van der Waals surface area contributed by atoms with Gasteiger partial charge in [0.05, 0.1) is 33.0 Å². The Hall–Kier alpha value is -4.92. The fourth-order valence-electron chi connectivity index (χ4n) is 5.75. The molecule has 0 aromatic heterocycles. The van der Waals surface area contributed by atoms with Gasteiger partial charge in [0.1, 0.15) is 0 Å². The molecule has 9 heteroatoms. The van der Waals surface area contributed by atoms with Crippen LogP contribution in [0.2, 0.25) is 0 Å². The monoisotopic (exact) mass is 465 g/mol. The zero-order chi connectivity index (χ0) is 24.6. The van der Waals surface area contributed by atoms with Crippen LogP contribution in [0.1, 0.15) is 45.2 Å². The van der Waals surface area contributed by atoms with E-state index in [-0.39, 0.29) is 28.8 Å². The van der Waals surface area contributed by atoms with E-state index in [0.29, 0.717) is 11.3 Å². The van der Waals surface area contributed by atoms with E-state index in [1.807, 2.05) is 36.4 Å². The van der Waals surface area contributed by atoms with E-state index in [4.69, 9.17) is 17.2 Å². The molecule has 0 aliphatic heterocycles. The van der Waals surface area contributed by atoms with Crippen molar-refractivity contribution in [3.8, 4) is 11.1 Å². The van der Waals surface area contributed by atoms with Crippen molar-refractivity contribution in [2.45, 2.75) is 11.8 Å². The molecule has 0 atom stereocenters. The Kier molecular flexibility index (Phi) is 4.16. The van der Waals surface area contributed by atoms with Crippen molar-refractivity contribution < 1.29 is 9.85 Å². The van der Waals surface area contributed by atoms with E-state index >= 15 is 0 Å². The first kappa shape index (κ1) is 20.7. The molecule has 0 spiro atoms. The van der Waals surface area contributed by atoms with Crippen molar-refractivity contribution in [1.82, 2.24) is 0 Å². The average Bonchev–Trinajstić information content (AvgIpc) is 2.87. The van der Waals surface area contributed by atoms with Crippen LogP contribution in [0.5, 0.6) is 0 Å². The molecule has 0 saturated heterocycles. The molecular formula is C26H19N5O4. The Morgan fingerprint density at radius 1 is 0.600 bits per heavy atom. The van der Waals surface area contributed by atoms with Crippen molar-refractivity contribution in [3.63, 3.8) is 0 Å². The van der Waals surface area contributed by atoms with Gasteiger partial charge in [0.15, 0.2) is 0 Å². The zero-order valence-corrected chi connectivity index (χ0v) is 18.3.